The SMILES string of the molecule is CCN1C(=O)/C(=C/c2ccc(-c3ccc(Cl)c(Cl)c3)o2)C(=O)NC1=S. The van der Waals surface area contributed by atoms with Gasteiger partial charge in [0.15, 0.2) is 5.11 Å². The Morgan fingerprint density at radius 1 is 1.20 bits per heavy atom. The first-order valence-electron chi connectivity index (χ1n) is 7.35. The minimum atomic E-state index is -0.549. The summed E-state index contributed by atoms with van der Waals surface area (Å²) in [5, 5.41) is 3.44. The molecule has 25 heavy (non-hydrogen) atoms. The van der Waals surface area contributed by atoms with Gasteiger partial charge in [-0.25, -0.2) is 0 Å². The quantitative estimate of drug-likeness (QED) is 0.487. The summed E-state index contributed by atoms with van der Waals surface area (Å²) in [4.78, 5) is 25.7. The Bertz CT molecular complexity index is 920. The number of halogens is 2. The fourth-order valence-corrected chi connectivity index (χ4v) is 2.96. The van der Waals surface area contributed by atoms with Crippen LogP contribution in [0.25, 0.3) is 17.4 Å². The lowest BCUT2D eigenvalue weighted by Crippen LogP contribution is -2.53. The van der Waals surface area contributed by atoms with E-state index in [0.29, 0.717) is 28.1 Å². The van der Waals surface area contributed by atoms with E-state index < -0.39 is 11.8 Å². The number of nitrogens with zero attached hydrogens (tertiary/aromatic N) is 1. The average Bonchev–Trinajstić information content (AvgIpc) is 3.03. The number of thiocarbonyl (C=S) groups is 1. The molecule has 0 aliphatic carbocycles. The Balaban J connectivity index is 1.93. The summed E-state index contributed by atoms with van der Waals surface area (Å²) in [6.07, 6.45) is 1.39. The maximum atomic E-state index is 12.4. The van der Waals surface area contributed by atoms with E-state index in [1.165, 1.54) is 11.0 Å². The van der Waals surface area contributed by atoms with E-state index in [9.17, 15) is 9.59 Å². The summed E-state index contributed by atoms with van der Waals surface area (Å²) in [6, 6.07) is 8.49. The zero-order valence-electron chi connectivity index (χ0n) is 13.0. The Hall–Kier alpha value is -2.15. The Labute approximate surface area is 159 Å². The van der Waals surface area contributed by atoms with Gasteiger partial charge >= 0.3 is 0 Å². The van der Waals surface area contributed by atoms with Crippen molar-refractivity contribution in [3.05, 3.63) is 51.7 Å². The highest BCUT2D eigenvalue weighted by atomic mass is 35.5. The van der Waals surface area contributed by atoms with Crippen molar-refractivity contribution in [2.24, 2.45) is 0 Å². The highest BCUT2D eigenvalue weighted by Gasteiger charge is 2.32. The molecule has 0 atom stereocenters. The first-order valence-corrected chi connectivity index (χ1v) is 8.51. The van der Waals surface area contributed by atoms with Gasteiger partial charge in [0.25, 0.3) is 11.8 Å². The first-order chi connectivity index (χ1) is 11.9. The fourth-order valence-electron chi connectivity index (χ4n) is 2.36. The third-order valence-corrected chi connectivity index (χ3v) is 4.68. The van der Waals surface area contributed by atoms with E-state index in [1.807, 2.05) is 0 Å². The zero-order valence-corrected chi connectivity index (χ0v) is 15.3. The largest absolute Gasteiger partial charge is 0.457 e. The van der Waals surface area contributed by atoms with Gasteiger partial charge in [-0.1, -0.05) is 23.2 Å². The van der Waals surface area contributed by atoms with Gasteiger partial charge in [-0.2, -0.15) is 0 Å². The van der Waals surface area contributed by atoms with Gasteiger partial charge in [0.05, 0.1) is 10.0 Å². The van der Waals surface area contributed by atoms with Crippen molar-refractivity contribution in [2.75, 3.05) is 6.54 Å². The molecule has 128 valence electrons. The molecule has 2 aromatic rings. The average molecular weight is 395 g/mol. The molecule has 0 spiro atoms. The van der Waals surface area contributed by atoms with Crippen molar-refractivity contribution in [3.8, 4) is 11.3 Å². The third-order valence-electron chi connectivity index (χ3n) is 3.62. The molecule has 0 saturated carbocycles. The number of hydrogen-bond donors (Lipinski definition) is 1. The van der Waals surface area contributed by atoms with Crippen LogP contribution in [-0.2, 0) is 9.59 Å². The van der Waals surface area contributed by atoms with Gasteiger partial charge in [0, 0.05) is 12.1 Å². The standard InChI is InChI=1S/C17H12Cl2N2O3S/c1-2-21-16(23)11(15(22)20-17(21)25)8-10-4-6-14(24-10)9-3-5-12(18)13(19)7-9/h3-8H,2H2,1H3,(H,20,22,25)/b11-8+. The monoisotopic (exact) mass is 394 g/mol. The summed E-state index contributed by atoms with van der Waals surface area (Å²) >= 11 is 16.9. The number of nitrogens with one attached hydrogen (secondary N) is 1. The highest BCUT2D eigenvalue weighted by molar-refractivity contribution is 7.80. The number of carbonyl (C=O) groups is 2. The van der Waals surface area contributed by atoms with Gasteiger partial charge in [-0.05, 0) is 55.5 Å². The van der Waals surface area contributed by atoms with Gasteiger partial charge in [-0.3, -0.25) is 19.8 Å². The first kappa shape index (κ1) is 17.7. The van der Waals surface area contributed by atoms with Crippen molar-refractivity contribution >= 4 is 58.4 Å². The second-order valence-corrected chi connectivity index (χ2v) is 6.40. The van der Waals surface area contributed by atoms with Crippen LogP contribution in [0, 0.1) is 0 Å². The van der Waals surface area contributed by atoms with E-state index in [2.05, 4.69) is 5.32 Å². The van der Waals surface area contributed by atoms with Crippen LogP contribution in [0.2, 0.25) is 10.0 Å². The molecule has 3 rings (SSSR count). The number of benzene rings is 1. The molecule has 0 radical (unpaired) electrons. The third kappa shape index (κ3) is 3.46. The number of furan rings is 1. The minimum Gasteiger partial charge on any atom is -0.457 e. The lowest BCUT2D eigenvalue weighted by atomic mass is 10.1. The van der Waals surface area contributed by atoms with Crippen LogP contribution >= 0.6 is 35.4 Å². The van der Waals surface area contributed by atoms with Crippen LogP contribution in [0.1, 0.15) is 12.7 Å². The molecule has 1 aliphatic rings. The van der Waals surface area contributed by atoms with E-state index in [-0.39, 0.29) is 10.7 Å². The molecule has 1 N–H and O–H groups in total. The molecule has 1 aliphatic heterocycles. The van der Waals surface area contributed by atoms with E-state index >= 15 is 0 Å². The lowest BCUT2D eigenvalue weighted by molar-refractivity contribution is -0.128. The number of carbonyl (C=O) groups excluding carboxylic acids is 2. The second-order valence-electron chi connectivity index (χ2n) is 5.20. The van der Waals surface area contributed by atoms with Gasteiger partial charge in [-0.15, -0.1) is 0 Å². The summed E-state index contributed by atoms with van der Waals surface area (Å²) in [5.74, 6) is -0.101. The Morgan fingerprint density at radius 2 is 1.96 bits per heavy atom. The van der Waals surface area contributed by atoms with Crippen LogP contribution in [0.5, 0.6) is 0 Å². The normalized spacial score (nSPS) is 16.5. The molecule has 1 aromatic carbocycles. The zero-order chi connectivity index (χ0) is 18.1. The van der Waals surface area contributed by atoms with Crippen molar-refractivity contribution in [2.45, 2.75) is 6.92 Å². The molecular weight excluding hydrogens is 383 g/mol. The number of amides is 2. The van der Waals surface area contributed by atoms with Crippen molar-refractivity contribution in [1.82, 2.24) is 10.2 Å². The predicted molar refractivity (Wildman–Crippen MR) is 100 cm³/mol. The number of likely N-dealkylation sites (N-methyl/N-ethyl adjacent to an activating group) is 1. The lowest BCUT2D eigenvalue weighted by Gasteiger charge is -2.27. The van der Waals surface area contributed by atoms with Crippen LogP contribution in [0.15, 0.2) is 40.3 Å². The van der Waals surface area contributed by atoms with Crippen LogP contribution in [0.3, 0.4) is 0 Å². The number of rotatable bonds is 3. The maximum Gasteiger partial charge on any atom is 0.265 e. The molecule has 2 heterocycles. The molecule has 0 bridgehead atoms. The molecule has 1 saturated heterocycles. The minimum absolute atomic E-state index is 0.0366. The van der Waals surface area contributed by atoms with Crippen LogP contribution in [0.4, 0.5) is 0 Å². The van der Waals surface area contributed by atoms with Crippen LogP contribution in [-0.4, -0.2) is 28.4 Å². The van der Waals surface area contributed by atoms with E-state index in [4.69, 9.17) is 39.8 Å². The van der Waals surface area contributed by atoms with Crippen molar-refractivity contribution in [1.29, 1.82) is 0 Å². The van der Waals surface area contributed by atoms with Gasteiger partial charge < -0.3 is 4.42 Å². The van der Waals surface area contributed by atoms with Crippen molar-refractivity contribution in [3.63, 3.8) is 0 Å². The molecule has 1 aromatic heterocycles. The Kier molecular flexibility index (Phi) is 4.94. The van der Waals surface area contributed by atoms with E-state index in [0.717, 1.165) is 5.56 Å². The van der Waals surface area contributed by atoms with Crippen molar-refractivity contribution < 1.29 is 14.0 Å². The summed E-state index contributed by atoms with van der Waals surface area (Å²) in [5.41, 5.74) is 0.695. The molecule has 0 unspecified atom stereocenters. The topological polar surface area (TPSA) is 62.6 Å². The summed E-state index contributed by atoms with van der Waals surface area (Å²) in [6.45, 7) is 2.14. The summed E-state index contributed by atoms with van der Waals surface area (Å²) in [7, 11) is 0. The highest BCUT2D eigenvalue weighted by Crippen LogP contribution is 2.30. The van der Waals surface area contributed by atoms with Crippen LogP contribution < -0.4 is 5.32 Å². The smallest absolute Gasteiger partial charge is 0.265 e. The number of hydrogen-bond acceptors (Lipinski definition) is 4. The Morgan fingerprint density at radius 3 is 2.64 bits per heavy atom. The van der Waals surface area contributed by atoms with E-state index in [1.54, 1.807) is 37.3 Å². The molecule has 2 amide bonds. The second kappa shape index (κ2) is 7.00. The molecular formula is C17H12Cl2N2O3S. The summed E-state index contributed by atoms with van der Waals surface area (Å²) < 4.78 is 5.70. The maximum absolute atomic E-state index is 12.4. The predicted octanol–water partition coefficient (Wildman–Crippen LogP) is 3.90. The molecule has 1 fully saturated rings. The fraction of sp³-hybridized carbons (Fsp3) is 0.118. The molecule has 8 heteroatoms. The van der Waals surface area contributed by atoms with Gasteiger partial charge in [0.2, 0.25) is 0 Å². The van der Waals surface area contributed by atoms with Gasteiger partial charge in [0.1, 0.15) is 17.1 Å². The molecule has 5 nitrogen and oxygen atoms in total.